The third-order valence-electron chi connectivity index (χ3n) is 3.35. The Balaban J connectivity index is 1.87. The zero-order valence-electron chi connectivity index (χ0n) is 11.6. The van der Waals surface area contributed by atoms with Crippen LogP contribution in [-0.4, -0.2) is 35.1 Å². The zero-order chi connectivity index (χ0) is 14.8. The molecule has 0 atom stereocenters. The molecule has 3 heterocycles. The van der Waals surface area contributed by atoms with Crippen molar-refractivity contribution in [3.8, 4) is 0 Å². The van der Waals surface area contributed by atoms with Gasteiger partial charge in [-0.05, 0) is 25.5 Å². The molecule has 1 aliphatic rings. The van der Waals surface area contributed by atoms with Crippen LogP contribution in [0.1, 0.15) is 29.2 Å². The second-order valence-corrected chi connectivity index (χ2v) is 4.91. The van der Waals surface area contributed by atoms with E-state index in [0.29, 0.717) is 24.5 Å². The molecule has 7 heteroatoms. The summed E-state index contributed by atoms with van der Waals surface area (Å²) in [5.74, 6) is 0.839. The average Bonchev–Trinajstić information content (AvgIpc) is 3.18. The molecule has 1 fully saturated rings. The number of hydrogen-bond donors (Lipinski definition) is 0. The van der Waals surface area contributed by atoms with Gasteiger partial charge in [0.05, 0.1) is 6.26 Å². The zero-order valence-corrected chi connectivity index (χ0v) is 11.6. The van der Waals surface area contributed by atoms with Crippen LogP contribution in [0.3, 0.4) is 0 Å². The van der Waals surface area contributed by atoms with Gasteiger partial charge in [0.1, 0.15) is 12.4 Å². The lowest BCUT2D eigenvalue weighted by Gasteiger charge is -2.25. The van der Waals surface area contributed by atoms with Gasteiger partial charge < -0.3 is 13.8 Å². The summed E-state index contributed by atoms with van der Waals surface area (Å²) in [6.45, 7) is 2.52. The van der Waals surface area contributed by atoms with Crippen molar-refractivity contribution in [3.05, 3.63) is 36.0 Å². The largest absolute Gasteiger partial charge is 0.459 e. The van der Waals surface area contributed by atoms with Crippen molar-refractivity contribution in [1.82, 2.24) is 10.1 Å². The van der Waals surface area contributed by atoms with Gasteiger partial charge in [0.15, 0.2) is 11.6 Å². The molecule has 0 aliphatic carbocycles. The second-order valence-electron chi connectivity index (χ2n) is 4.91. The summed E-state index contributed by atoms with van der Waals surface area (Å²) < 4.78 is 10.2. The predicted octanol–water partition coefficient (Wildman–Crippen LogP) is 1.80. The lowest BCUT2D eigenvalue weighted by Crippen LogP contribution is -2.42. The Bertz CT molecular complexity index is 647. The number of rotatable bonds is 4. The summed E-state index contributed by atoms with van der Waals surface area (Å²) in [5.41, 5.74) is 0. The maximum absolute atomic E-state index is 12.5. The van der Waals surface area contributed by atoms with Crippen LogP contribution in [0.4, 0.5) is 5.82 Å². The maximum Gasteiger partial charge on any atom is 0.296 e. The first-order valence-electron chi connectivity index (χ1n) is 6.71. The van der Waals surface area contributed by atoms with Crippen molar-refractivity contribution in [2.45, 2.75) is 19.8 Å². The number of furan rings is 1. The Morgan fingerprint density at radius 1 is 1.52 bits per heavy atom. The number of carbonyl (C=O) groups is 2. The highest BCUT2D eigenvalue weighted by molar-refractivity contribution is 6.03. The van der Waals surface area contributed by atoms with Crippen LogP contribution in [0, 0.1) is 6.92 Å². The number of hydrogen-bond acceptors (Lipinski definition) is 5. The summed E-state index contributed by atoms with van der Waals surface area (Å²) in [4.78, 5) is 27.3. The maximum atomic E-state index is 12.5. The monoisotopic (exact) mass is 289 g/mol. The van der Waals surface area contributed by atoms with Gasteiger partial charge in [0.25, 0.3) is 5.91 Å². The van der Waals surface area contributed by atoms with Crippen molar-refractivity contribution < 1.29 is 18.5 Å². The van der Waals surface area contributed by atoms with Crippen molar-refractivity contribution in [2.75, 3.05) is 18.1 Å². The van der Waals surface area contributed by atoms with Crippen molar-refractivity contribution in [1.29, 1.82) is 0 Å². The second kappa shape index (κ2) is 5.43. The summed E-state index contributed by atoms with van der Waals surface area (Å²) in [6, 6.07) is 4.87. The fourth-order valence-electron chi connectivity index (χ4n) is 2.28. The smallest absolute Gasteiger partial charge is 0.296 e. The highest BCUT2D eigenvalue weighted by Gasteiger charge is 2.29. The van der Waals surface area contributed by atoms with Crippen molar-refractivity contribution in [2.24, 2.45) is 0 Å². The Morgan fingerprint density at radius 3 is 2.95 bits per heavy atom. The molecule has 0 bridgehead atoms. The molecule has 21 heavy (non-hydrogen) atoms. The average molecular weight is 289 g/mol. The Labute approximate surface area is 121 Å². The van der Waals surface area contributed by atoms with E-state index < -0.39 is 0 Å². The van der Waals surface area contributed by atoms with Crippen LogP contribution < -0.4 is 4.90 Å². The van der Waals surface area contributed by atoms with Gasteiger partial charge in [-0.15, -0.1) is 0 Å². The molecule has 0 radical (unpaired) electrons. The van der Waals surface area contributed by atoms with Gasteiger partial charge in [0, 0.05) is 19.0 Å². The van der Waals surface area contributed by atoms with Crippen LogP contribution in [0.5, 0.6) is 0 Å². The summed E-state index contributed by atoms with van der Waals surface area (Å²) in [6.07, 6.45) is 2.75. The summed E-state index contributed by atoms with van der Waals surface area (Å²) in [7, 11) is 0. The summed E-state index contributed by atoms with van der Waals surface area (Å²) >= 11 is 0. The van der Waals surface area contributed by atoms with Gasteiger partial charge in [0.2, 0.25) is 5.91 Å². The van der Waals surface area contributed by atoms with Gasteiger partial charge in [-0.1, -0.05) is 5.16 Å². The molecule has 7 nitrogen and oxygen atoms in total. The quantitative estimate of drug-likeness (QED) is 0.857. The number of anilines is 1. The van der Waals surface area contributed by atoms with E-state index in [9.17, 15) is 9.59 Å². The first-order valence-corrected chi connectivity index (χ1v) is 6.71. The molecule has 0 aromatic carbocycles. The van der Waals surface area contributed by atoms with E-state index in [0.717, 1.165) is 6.42 Å². The summed E-state index contributed by atoms with van der Waals surface area (Å²) in [5, 5.41) is 3.86. The van der Waals surface area contributed by atoms with E-state index in [1.165, 1.54) is 11.2 Å². The van der Waals surface area contributed by atoms with Crippen LogP contribution in [0.2, 0.25) is 0 Å². The molecule has 0 unspecified atom stereocenters. The van der Waals surface area contributed by atoms with E-state index in [1.54, 1.807) is 30.0 Å². The molecule has 2 amide bonds. The fraction of sp³-hybridized carbons (Fsp3) is 0.357. The SMILES string of the molecule is Cc1cc(N(CN2CCCC2=O)C(=O)c2ccco2)no1. The van der Waals surface area contributed by atoms with E-state index >= 15 is 0 Å². The molecule has 2 aromatic rings. The van der Waals surface area contributed by atoms with Crippen LogP contribution in [0.25, 0.3) is 0 Å². The normalized spacial score (nSPS) is 14.7. The van der Waals surface area contributed by atoms with Crippen LogP contribution in [0.15, 0.2) is 33.4 Å². The van der Waals surface area contributed by atoms with Crippen LogP contribution in [-0.2, 0) is 4.79 Å². The third-order valence-corrected chi connectivity index (χ3v) is 3.35. The molecule has 2 aromatic heterocycles. The van der Waals surface area contributed by atoms with Gasteiger partial charge in [-0.2, -0.15) is 0 Å². The fourth-order valence-corrected chi connectivity index (χ4v) is 2.28. The highest BCUT2D eigenvalue weighted by Crippen LogP contribution is 2.20. The van der Waals surface area contributed by atoms with E-state index in [2.05, 4.69) is 5.16 Å². The lowest BCUT2D eigenvalue weighted by molar-refractivity contribution is -0.127. The van der Waals surface area contributed by atoms with Crippen molar-refractivity contribution in [3.63, 3.8) is 0 Å². The molecule has 1 aliphatic heterocycles. The van der Waals surface area contributed by atoms with Gasteiger partial charge in [-0.25, -0.2) is 0 Å². The number of nitrogens with zero attached hydrogens (tertiary/aromatic N) is 3. The molecule has 0 spiro atoms. The molecule has 1 saturated heterocycles. The number of aryl methyl sites for hydroxylation is 1. The van der Waals surface area contributed by atoms with E-state index in [4.69, 9.17) is 8.94 Å². The molecule has 3 rings (SSSR count). The molecule has 110 valence electrons. The minimum atomic E-state index is -0.354. The van der Waals surface area contributed by atoms with E-state index in [1.807, 2.05) is 0 Å². The topological polar surface area (TPSA) is 79.8 Å². The highest BCUT2D eigenvalue weighted by atomic mass is 16.5. The first-order chi connectivity index (χ1) is 10.1. The molecular weight excluding hydrogens is 274 g/mol. The minimum absolute atomic E-state index is 0.0347. The standard InChI is InChI=1S/C14H15N3O4/c1-10-8-12(15-21-10)17(9-16-6-2-5-13(16)18)14(19)11-4-3-7-20-11/h3-4,7-8H,2,5-6,9H2,1H3. The van der Waals surface area contributed by atoms with E-state index in [-0.39, 0.29) is 24.2 Å². The van der Waals surface area contributed by atoms with Crippen LogP contribution >= 0.6 is 0 Å². The minimum Gasteiger partial charge on any atom is -0.459 e. The third kappa shape index (κ3) is 2.67. The first kappa shape index (κ1) is 13.4. The Morgan fingerprint density at radius 2 is 2.38 bits per heavy atom. The molecule has 0 N–H and O–H groups in total. The predicted molar refractivity (Wildman–Crippen MR) is 72.6 cm³/mol. The van der Waals surface area contributed by atoms with Crippen molar-refractivity contribution >= 4 is 17.6 Å². The Hall–Kier alpha value is -2.57. The van der Waals surface area contributed by atoms with Gasteiger partial charge >= 0.3 is 0 Å². The number of aromatic nitrogens is 1. The molecule has 0 saturated carbocycles. The number of carbonyl (C=O) groups excluding carboxylic acids is 2. The lowest BCUT2D eigenvalue weighted by atomic mass is 10.3. The Kier molecular flexibility index (Phi) is 3.47. The number of likely N-dealkylation sites (tertiary alicyclic amines) is 1. The number of amides is 2. The molecular formula is C14H15N3O4. The van der Waals surface area contributed by atoms with Gasteiger partial charge in [-0.3, -0.25) is 14.5 Å².